The minimum Gasteiger partial charge on any atom is -0.481 e. The fourth-order valence-corrected chi connectivity index (χ4v) is 1.34. The molecule has 2 atom stereocenters. The van der Waals surface area contributed by atoms with Gasteiger partial charge in [-0.1, -0.05) is 6.92 Å². The summed E-state index contributed by atoms with van der Waals surface area (Å²) in [5.74, 6) is -0.747. The molecule has 0 aliphatic carbocycles. The maximum atomic E-state index is 10.6. The van der Waals surface area contributed by atoms with Crippen LogP contribution in [0, 0.1) is 0 Å². The molecule has 2 unspecified atom stereocenters. The minimum atomic E-state index is -0.747. The summed E-state index contributed by atoms with van der Waals surface area (Å²) < 4.78 is 0. The number of nitrogens with two attached hydrogens (primary N) is 1. The maximum absolute atomic E-state index is 10.6. The van der Waals surface area contributed by atoms with Crippen LogP contribution in [0.4, 0.5) is 0 Å². The van der Waals surface area contributed by atoms with Crippen LogP contribution >= 0.6 is 0 Å². The molecule has 0 aromatic rings. The first-order valence-corrected chi connectivity index (χ1v) is 5.28. The van der Waals surface area contributed by atoms with Crippen LogP contribution in [0.15, 0.2) is 0 Å². The number of hydrogen-bond donors (Lipinski definition) is 3. The van der Waals surface area contributed by atoms with Crippen LogP contribution in [-0.2, 0) is 4.79 Å². The highest BCUT2D eigenvalue weighted by Gasteiger charge is 2.14. The van der Waals surface area contributed by atoms with Crippen molar-refractivity contribution in [2.75, 3.05) is 6.54 Å². The Balaban J connectivity index is 3.89. The predicted molar refractivity (Wildman–Crippen MR) is 57.2 cm³/mol. The van der Waals surface area contributed by atoms with Crippen molar-refractivity contribution >= 4 is 5.97 Å². The maximum Gasteiger partial charge on any atom is 0.304 e. The van der Waals surface area contributed by atoms with Gasteiger partial charge < -0.3 is 16.2 Å². The van der Waals surface area contributed by atoms with E-state index in [0.717, 1.165) is 19.3 Å². The summed E-state index contributed by atoms with van der Waals surface area (Å²) in [6, 6.07) is 0.433. The molecule has 0 aliphatic rings. The number of rotatable bonds is 8. The van der Waals surface area contributed by atoms with Crippen molar-refractivity contribution in [1.82, 2.24) is 5.32 Å². The summed E-state index contributed by atoms with van der Waals surface area (Å²) in [5.41, 5.74) is 5.40. The molecule has 0 aromatic heterocycles. The van der Waals surface area contributed by atoms with E-state index in [1.807, 2.05) is 0 Å². The summed E-state index contributed by atoms with van der Waals surface area (Å²) in [6.45, 7) is 4.77. The number of aliphatic carboxylic acids is 1. The summed E-state index contributed by atoms with van der Waals surface area (Å²) in [7, 11) is 0. The number of hydrogen-bond acceptors (Lipinski definition) is 3. The molecule has 14 heavy (non-hydrogen) atoms. The Morgan fingerprint density at radius 3 is 2.64 bits per heavy atom. The van der Waals surface area contributed by atoms with Crippen LogP contribution < -0.4 is 11.1 Å². The van der Waals surface area contributed by atoms with Gasteiger partial charge in [-0.25, -0.2) is 0 Å². The molecule has 0 bridgehead atoms. The SMILES string of the molecule is CCC(C)NC(CCCN)CC(=O)O. The topological polar surface area (TPSA) is 75.3 Å². The quantitative estimate of drug-likeness (QED) is 0.548. The van der Waals surface area contributed by atoms with Crippen LogP contribution in [0.1, 0.15) is 39.5 Å². The van der Waals surface area contributed by atoms with E-state index in [1.165, 1.54) is 0 Å². The molecule has 0 saturated carbocycles. The molecule has 0 spiro atoms. The third-order valence-electron chi connectivity index (χ3n) is 2.31. The van der Waals surface area contributed by atoms with Gasteiger partial charge in [0.15, 0.2) is 0 Å². The van der Waals surface area contributed by atoms with Crippen LogP contribution in [0.3, 0.4) is 0 Å². The Morgan fingerprint density at radius 1 is 1.57 bits per heavy atom. The van der Waals surface area contributed by atoms with Gasteiger partial charge in [0, 0.05) is 12.1 Å². The molecule has 4 nitrogen and oxygen atoms in total. The zero-order chi connectivity index (χ0) is 11.0. The average Bonchev–Trinajstić information content (AvgIpc) is 2.13. The van der Waals surface area contributed by atoms with Crippen LogP contribution in [0.5, 0.6) is 0 Å². The summed E-state index contributed by atoms with van der Waals surface area (Å²) in [5, 5.41) is 12.0. The van der Waals surface area contributed by atoms with E-state index in [2.05, 4.69) is 19.2 Å². The van der Waals surface area contributed by atoms with Gasteiger partial charge in [-0.3, -0.25) is 4.79 Å². The van der Waals surface area contributed by atoms with Gasteiger partial charge in [0.1, 0.15) is 0 Å². The summed E-state index contributed by atoms with van der Waals surface area (Å²) in [4.78, 5) is 10.6. The normalized spacial score (nSPS) is 15.1. The highest BCUT2D eigenvalue weighted by atomic mass is 16.4. The molecular formula is C10H22N2O2. The molecule has 0 rings (SSSR count). The number of carboxylic acid groups (broad SMARTS) is 1. The van der Waals surface area contributed by atoms with E-state index in [-0.39, 0.29) is 12.5 Å². The lowest BCUT2D eigenvalue weighted by Gasteiger charge is -2.20. The Labute approximate surface area is 85.9 Å². The Morgan fingerprint density at radius 2 is 2.21 bits per heavy atom. The van der Waals surface area contributed by atoms with E-state index in [1.54, 1.807) is 0 Å². The van der Waals surface area contributed by atoms with E-state index in [4.69, 9.17) is 10.8 Å². The van der Waals surface area contributed by atoms with Crippen LogP contribution in [0.2, 0.25) is 0 Å². The Kier molecular flexibility index (Phi) is 7.42. The monoisotopic (exact) mass is 202 g/mol. The second-order valence-electron chi connectivity index (χ2n) is 3.70. The zero-order valence-corrected chi connectivity index (χ0v) is 9.12. The van der Waals surface area contributed by atoms with Crippen molar-refractivity contribution in [1.29, 1.82) is 0 Å². The lowest BCUT2D eigenvalue weighted by atomic mass is 10.1. The molecule has 0 saturated heterocycles. The van der Waals surface area contributed by atoms with Crippen molar-refractivity contribution in [3.8, 4) is 0 Å². The summed E-state index contributed by atoms with van der Waals surface area (Å²) >= 11 is 0. The van der Waals surface area contributed by atoms with Gasteiger partial charge in [0.05, 0.1) is 6.42 Å². The standard InChI is InChI=1S/C10H22N2O2/c1-3-8(2)12-9(5-4-6-11)7-10(13)14/h8-9,12H,3-7,11H2,1-2H3,(H,13,14). The minimum absolute atomic E-state index is 0.0611. The molecule has 4 heteroatoms. The molecule has 0 aliphatic heterocycles. The van der Waals surface area contributed by atoms with Gasteiger partial charge in [0.2, 0.25) is 0 Å². The van der Waals surface area contributed by atoms with E-state index in [9.17, 15) is 4.79 Å². The number of nitrogens with one attached hydrogen (secondary N) is 1. The van der Waals surface area contributed by atoms with Gasteiger partial charge in [-0.15, -0.1) is 0 Å². The van der Waals surface area contributed by atoms with E-state index < -0.39 is 5.97 Å². The zero-order valence-electron chi connectivity index (χ0n) is 9.12. The fraction of sp³-hybridized carbons (Fsp3) is 0.900. The van der Waals surface area contributed by atoms with Gasteiger partial charge in [0.25, 0.3) is 0 Å². The highest BCUT2D eigenvalue weighted by Crippen LogP contribution is 2.04. The average molecular weight is 202 g/mol. The molecule has 0 amide bonds. The van der Waals surface area contributed by atoms with Gasteiger partial charge in [-0.2, -0.15) is 0 Å². The first-order chi connectivity index (χ1) is 6.60. The second-order valence-corrected chi connectivity index (χ2v) is 3.70. The first kappa shape index (κ1) is 13.4. The van der Waals surface area contributed by atoms with Gasteiger partial charge in [-0.05, 0) is 32.7 Å². The molecule has 0 radical (unpaired) electrons. The highest BCUT2D eigenvalue weighted by molar-refractivity contribution is 5.67. The Hall–Kier alpha value is -0.610. The Bertz CT molecular complexity index is 162. The van der Waals surface area contributed by atoms with Crippen molar-refractivity contribution in [3.05, 3.63) is 0 Å². The second kappa shape index (κ2) is 7.76. The van der Waals surface area contributed by atoms with Crippen molar-refractivity contribution in [2.45, 2.75) is 51.6 Å². The van der Waals surface area contributed by atoms with Crippen LogP contribution in [0.25, 0.3) is 0 Å². The lowest BCUT2D eigenvalue weighted by molar-refractivity contribution is -0.137. The largest absolute Gasteiger partial charge is 0.481 e. The fourth-order valence-electron chi connectivity index (χ4n) is 1.34. The van der Waals surface area contributed by atoms with E-state index in [0.29, 0.717) is 12.6 Å². The van der Waals surface area contributed by atoms with Gasteiger partial charge >= 0.3 is 5.97 Å². The summed E-state index contributed by atoms with van der Waals surface area (Å²) in [6.07, 6.45) is 2.91. The smallest absolute Gasteiger partial charge is 0.304 e. The molecule has 0 heterocycles. The number of carbonyl (C=O) groups is 1. The third-order valence-corrected chi connectivity index (χ3v) is 2.31. The molecule has 4 N–H and O–H groups in total. The third kappa shape index (κ3) is 6.86. The van der Waals surface area contributed by atoms with Crippen molar-refractivity contribution in [2.24, 2.45) is 5.73 Å². The first-order valence-electron chi connectivity index (χ1n) is 5.28. The predicted octanol–water partition coefficient (Wildman–Crippen LogP) is 0.957. The van der Waals surface area contributed by atoms with Crippen LogP contribution in [-0.4, -0.2) is 29.7 Å². The molecule has 0 fully saturated rings. The van der Waals surface area contributed by atoms with E-state index >= 15 is 0 Å². The van der Waals surface area contributed by atoms with Crippen molar-refractivity contribution < 1.29 is 9.90 Å². The molecular weight excluding hydrogens is 180 g/mol. The number of carboxylic acids is 1. The van der Waals surface area contributed by atoms with Crippen molar-refractivity contribution in [3.63, 3.8) is 0 Å². The molecule has 0 aromatic carbocycles. The lowest BCUT2D eigenvalue weighted by Crippen LogP contribution is -2.38. The molecule has 84 valence electrons.